The number of benzene rings is 2. The van der Waals surface area contributed by atoms with Crippen LogP contribution in [0, 0.1) is 23.7 Å². The molecule has 0 radical (unpaired) electrons. The summed E-state index contributed by atoms with van der Waals surface area (Å²) >= 11 is 6.89. The maximum absolute atomic E-state index is 12.7. The quantitative estimate of drug-likeness (QED) is 0.194. The number of Topliss-reactive ketones (excluding diaryl/α,β-unsaturated/α-hetero) is 2. The molecule has 2 aromatic rings. The molecular formula is C38H42Br2O10. The van der Waals surface area contributed by atoms with Crippen molar-refractivity contribution < 1.29 is 47.7 Å². The van der Waals surface area contributed by atoms with E-state index in [4.69, 9.17) is 18.9 Å². The first-order chi connectivity index (χ1) is 24.0. The third-order valence-corrected chi connectivity index (χ3v) is 11.0. The van der Waals surface area contributed by atoms with Gasteiger partial charge in [0.15, 0.2) is 0 Å². The van der Waals surface area contributed by atoms with Gasteiger partial charge < -0.3 is 18.9 Å². The molecule has 268 valence electrons. The zero-order valence-corrected chi connectivity index (χ0v) is 31.4. The molecule has 2 heterocycles. The molecular weight excluding hydrogens is 776 g/mol. The van der Waals surface area contributed by atoms with Crippen molar-refractivity contribution in [1.29, 1.82) is 0 Å². The van der Waals surface area contributed by atoms with Gasteiger partial charge in [-0.15, -0.1) is 0 Å². The molecule has 2 aromatic carbocycles. The lowest BCUT2D eigenvalue weighted by Crippen LogP contribution is -2.39. The van der Waals surface area contributed by atoms with Crippen LogP contribution >= 0.6 is 31.9 Å². The highest BCUT2D eigenvalue weighted by atomic mass is 79.9. The van der Waals surface area contributed by atoms with Gasteiger partial charge in [0.2, 0.25) is 0 Å². The minimum absolute atomic E-state index is 0.0830. The summed E-state index contributed by atoms with van der Waals surface area (Å²) in [6.07, 6.45) is 5.29. The molecule has 10 nitrogen and oxygen atoms in total. The molecule has 2 fully saturated rings. The van der Waals surface area contributed by atoms with Crippen LogP contribution in [0.25, 0.3) is 0 Å². The van der Waals surface area contributed by atoms with Crippen LogP contribution in [0.4, 0.5) is 0 Å². The van der Waals surface area contributed by atoms with Gasteiger partial charge in [-0.25, -0.2) is 0 Å². The van der Waals surface area contributed by atoms with Gasteiger partial charge in [0.1, 0.15) is 23.1 Å². The van der Waals surface area contributed by atoms with Crippen LogP contribution in [0.2, 0.25) is 0 Å². The summed E-state index contributed by atoms with van der Waals surface area (Å²) in [6.45, 7) is 4.12. The van der Waals surface area contributed by atoms with Crippen molar-refractivity contribution in [1.82, 2.24) is 0 Å². The van der Waals surface area contributed by atoms with Crippen LogP contribution in [-0.4, -0.2) is 48.7 Å². The summed E-state index contributed by atoms with van der Waals surface area (Å²) in [4.78, 5) is 73.5. The molecule has 2 aliphatic heterocycles. The molecule has 4 aliphatic rings. The van der Waals surface area contributed by atoms with E-state index in [-0.39, 0.29) is 72.0 Å². The van der Waals surface area contributed by atoms with Crippen LogP contribution < -0.4 is 9.47 Å². The van der Waals surface area contributed by atoms with E-state index in [0.29, 0.717) is 50.4 Å². The van der Waals surface area contributed by atoms with Crippen LogP contribution in [0.1, 0.15) is 101 Å². The van der Waals surface area contributed by atoms with E-state index < -0.39 is 11.8 Å². The highest BCUT2D eigenvalue weighted by Gasteiger charge is 2.46. The molecule has 2 saturated carbocycles. The number of carbonyl (C=O) groups excluding carboxylic acids is 6. The first-order valence-corrected chi connectivity index (χ1v) is 18.9. The third-order valence-electron chi connectivity index (χ3n) is 10.0. The summed E-state index contributed by atoms with van der Waals surface area (Å²) in [5.74, 6) is -1.83. The standard InChI is InChI=1S/2C19H21BrO5/c2*1-2-24-17(22)10-15-14-9-12(20)6-7-16(14)25-19(23)18(15)11-4-3-5-13(21)8-11/h2*6-7,9,11,15,18H,2-5,8,10H2,1H3/t2*11-,15-,18+/m00/s1. The fourth-order valence-electron chi connectivity index (χ4n) is 7.92. The molecule has 0 aromatic heterocycles. The number of esters is 4. The lowest BCUT2D eigenvalue weighted by Gasteiger charge is -2.37. The van der Waals surface area contributed by atoms with E-state index in [1.165, 1.54) is 0 Å². The second kappa shape index (κ2) is 17.2. The summed E-state index contributed by atoms with van der Waals surface area (Å²) in [6, 6.07) is 10.9. The predicted molar refractivity (Wildman–Crippen MR) is 188 cm³/mol. The summed E-state index contributed by atoms with van der Waals surface area (Å²) in [5.41, 5.74) is 1.65. The van der Waals surface area contributed by atoms with Gasteiger partial charge in [-0.3, -0.25) is 28.8 Å². The maximum Gasteiger partial charge on any atom is 0.315 e. The molecule has 50 heavy (non-hydrogen) atoms. The minimum atomic E-state index is -0.490. The van der Waals surface area contributed by atoms with E-state index in [9.17, 15) is 28.8 Å². The average Bonchev–Trinajstić information content (AvgIpc) is 3.06. The first kappa shape index (κ1) is 37.9. The fourth-order valence-corrected chi connectivity index (χ4v) is 8.67. The number of carbonyl (C=O) groups is 6. The molecule has 0 saturated heterocycles. The molecule has 0 spiro atoms. The van der Waals surface area contributed by atoms with Gasteiger partial charge in [0.25, 0.3) is 0 Å². The molecule has 0 bridgehead atoms. The zero-order chi connectivity index (χ0) is 35.9. The van der Waals surface area contributed by atoms with Crippen LogP contribution in [0.5, 0.6) is 11.5 Å². The molecule has 6 atom stereocenters. The Balaban J connectivity index is 0.000000194. The van der Waals surface area contributed by atoms with Gasteiger partial charge in [-0.05, 0) is 87.8 Å². The highest BCUT2D eigenvalue weighted by molar-refractivity contribution is 9.10. The van der Waals surface area contributed by atoms with E-state index in [1.807, 2.05) is 12.1 Å². The van der Waals surface area contributed by atoms with Crippen molar-refractivity contribution in [2.45, 2.75) is 89.9 Å². The first-order valence-electron chi connectivity index (χ1n) is 17.4. The van der Waals surface area contributed by atoms with Crippen LogP contribution in [-0.2, 0) is 38.2 Å². The average molecular weight is 819 g/mol. The molecule has 2 aliphatic carbocycles. The Hall–Kier alpha value is -3.38. The Labute approximate surface area is 308 Å². The Kier molecular flexibility index (Phi) is 13.0. The van der Waals surface area contributed by atoms with Gasteiger partial charge in [-0.2, -0.15) is 0 Å². The minimum Gasteiger partial charge on any atom is -0.466 e. The number of fused-ring (bicyclic) bond motifs is 2. The van der Waals surface area contributed by atoms with Crippen molar-refractivity contribution in [2.75, 3.05) is 13.2 Å². The largest absolute Gasteiger partial charge is 0.466 e. The lowest BCUT2D eigenvalue weighted by atomic mass is 9.69. The van der Waals surface area contributed by atoms with Crippen molar-refractivity contribution >= 4 is 67.3 Å². The maximum atomic E-state index is 12.7. The highest BCUT2D eigenvalue weighted by Crippen LogP contribution is 2.48. The number of hydrogen-bond donors (Lipinski definition) is 0. The third kappa shape index (κ3) is 9.09. The zero-order valence-electron chi connectivity index (χ0n) is 28.3. The van der Waals surface area contributed by atoms with Crippen molar-refractivity contribution in [2.24, 2.45) is 23.7 Å². The van der Waals surface area contributed by atoms with Crippen molar-refractivity contribution in [3.63, 3.8) is 0 Å². The monoisotopic (exact) mass is 816 g/mol. The van der Waals surface area contributed by atoms with E-state index in [1.54, 1.807) is 38.1 Å². The number of halogens is 2. The Bertz CT molecular complexity index is 1520. The van der Waals surface area contributed by atoms with Gasteiger partial charge in [0.05, 0.1) is 37.9 Å². The van der Waals surface area contributed by atoms with Crippen molar-refractivity contribution in [3.8, 4) is 11.5 Å². The molecule has 0 N–H and O–H groups in total. The molecule has 6 rings (SSSR count). The second-order valence-corrected chi connectivity index (χ2v) is 15.1. The van der Waals surface area contributed by atoms with Crippen LogP contribution in [0.15, 0.2) is 45.3 Å². The van der Waals surface area contributed by atoms with Gasteiger partial charge in [-0.1, -0.05) is 31.9 Å². The Morgan fingerprint density at radius 2 is 1.08 bits per heavy atom. The van der Waals surface area contributed by atoms with Crippen molar-refractivity contribution in [3.05, 3.63) is 56.5 Å². The number of ether oxygens (including phenoxy) is 4. The van der Waals surface area contributed by atoms with Gasteiger partial charge >= 0.3 is 23.9 Å². The van der Waals surface area contributed by atoms with E-state index >= 15 is 0 Å². The fraction of sp³-hybridized carbons (Fsp3) is 0.526. The predicted octanol–water partition coefficient (Wildman–Crippen LogP) is 7.56. The summed E-state index contributed by atoms with van der Waals surface area (Å²) in [5, 5.41) is 0. The smallest absolute Gasteiger partial charge is 0.315 e. The normalized spacial score (nSPS) is 25.9. The SMILES string of the molecule is CCOC(=O)C[C@H]1c2cc(Br)ccc2OC(=O)[C@@H]1[C@H]1CCCC(=O)C1.CCOC(=O)C[C@H]1c2cc(Br)ccc2OC(=O)[C@@H]1[C@H]1CCCC(=O)C1. The Morgan fingerprint density at radius 1 is 0.680 bits per heavy atom. The second-order valence-electron chi connectivity index (χ2n) is 13.3. The number of hydrogen-bond acceptors (Lipinski definition) is 10. The molecule has 0 amide bonds. The lowest BCUT2D eigenvalue weighted by molar-refractivity contribution is -0.150. The molecule has 12 heteroatoms. The number of ketones is 2. The topological polar surface area (TPSA) is 139 Å². The summed E-state index contributed by atoms with van der Waals surface area (Å²) < 4.78 is 23.0. The van der Waals surface area contributed by atoms with Crippen LogP contribution in [0.3, 0.4) is 0 Å². The van der Waals surface area contributed by atoms with Gasteiger partial charge in [0, 0.05) is 57.6 Å². The van der Waals surface area contributed by atoms with E-state index in [0.717, 1.165) is 45.8 Å². The van der Waals surface area contributed by atoms with E-state index in [2.05, 4.69) is 31.9 Å². The molecule has 0 unspecified atom stereocenters. The Morgan fingerprint density at radius 3 is 1.44 bits per heavy atom. The number of rotatable bonds is 8. The summed E-state index contributed by atoms with van der Waals surface area (Å²) in [7, 11) is 0.